The molecule has 1 atom stereocenters. The third kappa shape index (κ3) is 5.27. The Kier molecular flexibility index (Phi) is 6.97. The normalized spacial score (nSPS) is 11.9. The number of hydrogen-bond acceptors (Lipinski definition) is 2. The molecule has 6 heteroatoms. The highest BCUT2D eigenvalue weighted by Crippen LogP contribution is 2.26. The smallest absolute Gasteiger partial charge is 0.257 e. The molecule has 0 saturated carbocycles. The number of carbonyl (C=O) groups is 1. The maximum Gasteiger partial charge on any atom is 0.257 e. The standard InChI is InChI=1S/C22H19Cl3N2O/c1-14(16-9-10-20(24)21(25)12-16)26-13-15-5-4-6-17(11-15)27-22(28)18-7-2-3-8-19(18)23/h2-12,14,26H,13H2,1H3,(H,27,28)/t14-/m0/s1. The van der Waals surface area contributed by atoms with Crippen molar-refractivity contribution in [1.29, 1.82) is 0 Å². The van der Waals surface area contributed by atoms with Crippen molar-refractivity contribution >= 4 is 46.4 Å². The van der Waals surface area contributed by atoms with Gasteiger partial charge in [-0.2, -0.15) is 0 Å². The van der Waals surface area contributed by atoms with Gasteiger partial charge < -0.3 is 10.6 Å². The molecule has 3 aromatic carbocycles. The van der Waals surface area contributed by atoms with Gasteiger partial charge in [0.25, 0.3) is 5.91 Å². The van der Waals surface area contributed by atoms with Crippen molar-refractivity contribution in [3.05, 3.63) is 98.5 Å². The van der Waals surface area contributed by atoms with E-state index in [-0.39, 0.29) is 11.9 Å². The van der Waals surface area contributed by atoms with Crippen molar-refractivity contribution in [2.24, 2.45) is 0 Å². The van der Waals surface area contributed by atoms with Gasteiger partial charge in [-0.05, 0) is 54.4 Å². The second kappa shape index (κ2) is 9.44. The Bertz CT molecular complexity index is 991. The molecule has 144 valence electrons. The van der Waals surface area contributed by atoms with E-state index in [4.69, 9.17) is 34.8 Å². The van der Waals surface area contributed by atoms with Crippen LogP contribution in [0, 0.1) is 0 Å². The molecule has 0 bridgehead atoms. The van der Waals surface area contributed by atoms with Crippen LogP contribution in [0.4, 0.5) is 5.69 Å². The van der Waals surface area contributed by atoms with Gasteiger partial charge in [-0.1, -0.05) is 65.1 Å². The Balaban J connectivity index is 1.64. The van der Waals surface area contributed by atoms with Crippen molar-refractivity contribution in [2.45, 2.75) is 19.5 Å². The fourth-order valence-electron chi connectivity index (χ4n) is 2.77. The first kappa shape index (κ1) is 20.7. The Morgan fingerprint density at radius 3 is 2.43 bits per heavy atom. The maximum absolute atomic E-state index is 12.4. The highest BCUT2D eigenvalue weighted by Gasteiger charge is 2.11. The molecular formula is C22H19Cl3N2O. The summed E-state index contributed by atoms with van der Waals surface area (Å²) in [5.41, 5.74) is 3.26. The van der Waals surface area contributed by atoms with Crippen LogP contribution in [0.25, 0.3) is 0 Å². The molecule has 0 aliphatic heterocycles. The molecule has 2 N–H and O–H groups in total. The van der Waals surface area contributed by atoms with Crippen LogP contribution in [0.5, 0.6) is 0 Å². The molecular weight excluding hydrogens is 415 g/mol. The molecule has 3 rings (SSSR count). The van der Waals surface area contributed by atoms with E-state index in [1.165, 1.54) is 0 Å². The largest absolute Gasteiger partial charge is 0.322 e. The van der Waals surface area contributed by atoms with Gasteiger partial charge in [0.1, 0.15) is 0 Å². The SMILES string of the molecule is C[C@H](NCc1cccc(NC(=O)c2ccccc2Cl)c1)c1ccc(Cl)c(Cl)c1. The van der Waals surface area contributed by atoms with Crippen LogP contribution < -0.4 is 10.6 Å². The maximum atomic E-state index is 12.4. The average Bonchev–Trinajstić information content (AvgIpc) is 2.69. The molecule has 0 saturated heterocycles. The number of rotatable bonds is 6. The summed E-state index contributed by atoms with van der Waals surface area (Å²) in [7, 11) is 0. The highest BCUT2D eigenvalue weighted by molar-refractivity contribution is 6.42. The van der Waals surface area contributed by atoms with Gasteiger partial charge in [-0.15, -0.1) is 0 Å². The third-order valence-electron chi connectivity index (χ3n) is 4.36. The predicted molar refractivity (Wildman–Crippen MR) is 118 cm³/mol. The molecule has 28 heavy (non-hydrogen) atoms. The lowest BCUT2D eigenvalue weighted by atomic mass is 10.1. The summed E-state index contributed by atoms with van der Waals surface area (Å²) in [5, 5.41) is 7.84. The minimum atomic E-state index is -0.236. The number of nitrogens with one attached hydrogen (secondary N) is 2. The van der Waals surface area contributed by atoms with Crippen LogP contribution in [0.2, 0.25) is 15.1 Å². The number of amides is 1. The van der Waals surface area contributed by atoms with Gasteiger partial charge in [0.2, 0.25) is 0 Å². The van der Waals surface area contributed by atoms with Crippen LogP contribution in [-0.2, 0) is 6.54 Å². The molecule has 0 fully saturated rings. The van der Waals surface area contributed by atoms with Crippen molar-refractivity contribution in [3.8, 4) is 0 Å². The summed E-state index contributed by atoms with van der Waals surface area (Å²) in [6.45, 7) is 2.69. The summed E-state index contributed by atoms with van der Waals surface area (Å²) in [4.78, 5) is 12.4. The molecule has 0 radical (unpaired) electrons. The van der Waals surface area contributed by atoms with Crippen LogP contribution in [-0.4, -0.2) is 5.91 Å². The van der Waals surface area contributed by atoms with Crippen LogP contribution in [0.15, 0.2) is 66.7 Å². The third-order valence-corrected chi connectivity index (χ3v) is 5.43. The van der Waals surface area contributed by atoms with Crippen molar-refractivity contribution < 1.29 is 4.79 Å². The van der Waals surface area contributed by atoms with Crippen molar-refractivity contribution in [1.82, 2.24) is 5.32 Å². The van der Waals surface area contributed by atoms with E-state index in [1.54, 1.807) is 30.3 Å². The molecule has 0 spiro atoms. The summed E-state index contributed by atoms with van der Waals surface area (Å²) in [6.07, 6.45) is 0. The number of carbonyl (C=O) groups excluding carboxylic acids is 1. The van der Waals surface area contributed by atoms with E-state index in [0.717, 1.165) is 11.1 Å². The quantitative estimate of drug-likeness (QED) is 0.451. The monoisotopic (exact) mass is 432 g/mol. The lowest BCUT2D eigenvalue weighted by molar-refractivity contribution is 0.102. The Labute approximate surface area is 179 Å². The van der Waals surface area contributed by atoms with Gasteiger partial charge in [0, 0.05) is 18.3 Å². The molecule has 3 aromatic rings. The topological polar surface area (TPSA) is 41.1 Å². The van der Waals surface area contributed by atoms with Crippen LogP contribution >= 0.6 is 34.8 Å². The molecule has 0 unspecified atom stereocenters. The number of benzene rings is 3. The van der Waals surface area contributed by atoms with E-state index >= 15 is 0 Å². The summed E-state index contributed by atoms with van der Waals surface area (Å²) in [6, 6.07) is 20.4. The Morgan fingerprint density at radius 2 is 1.68 bits per heavy atom. The highest BCUT2D eigenvalue weighted by atomic mass is 35.5. The molecule has 0 aromatic heterocycles. The predicted octanol–water partition coefficient (Wildman–Crippen LogP) is 6.75. The summed E-state index contributed by atoms with van der Waals surface area (Å²) < 4.78 is 0. The van der Waals surface area contributed by atoms with Gasteiger partial charge in [-0.25, -0.2) is 0 Å². The van der Waals surface area contributed by atoms with E-state index in [9.17, 15) is 4.79 Å². The first-order valence-electron chi connectivity index (χ1n) is 8.77. The Morgan fingerprint density at radius 1 is 0.893 bits per heavy atom. The first-order chi connectivity index (χ1) is 13.4. The zero-order chi connectivity index (χ0) is 20.1. The van der Waals surface area contributed by atoms with Crippen molar-refractivity contribution in [3.63, 3.8) is 0 Å². The average molecular weight is 434 g/mol. The number of halogens is 3. The number of hydrogen-bond donors (Lipinski definition) is 2. The van der Waals surface area contributed by atoms with Crippen LogP contribution in [0.3, 0.4) is 0 Å². The zero-order valence-corrected chi connectivity index (χ0v) is 17.4. The lowest BCUT2D eigenvalue weighted by Gasteiger charge is -2.15. The molecule has 1 amide bonds. The minimum Gasteiger partial charge on any atom is -0.322 e. The van der Waals surface area contributed by atoms with Gasteiger partial charge in [0.15, 0.2) is 0 Å². The number of anilines is 1. The minimum absolute atomic E-state index is 0.0936. The lowest BCUT2D eigenvalue weighted by Crippen LogP contribution is -2.18. The second-order valence-electron chi connectivity index (χ2n) is 6.41. The molecule has 0 aliphatic carbocycles. The first-order valence-corrected chi connectivity index (χ1v) is 9.90. The second-order valence-corrected chi connectivity index (χ2v) is 7.63. The molecule has 0 heterocycles. The molecule has 3 nitrogen and oxygen atoms in total. The summed E-state index contributed by atoms with van der Waals surface area (Å²) in [5.74, 6) is -0.236. The summed E-state index contributed by atoms with van der Waals surface area (Å²) >= 11 is 18.2. The van der Waals surface area contributed by atoms with E-state index < -0.39 is 0 Å². The van der Waals surface area contributed by atoms with Gasteiger partial charge in [0.05, 0.1) is 20.6 Å². The molecule has 0 aliphatic rings. The van der Waals surface area contributed by atoms with Gasteiger partial charge >= 0.3 is 0 Å². The fraction of sp³-hybridized carbons (Fsp3) is 0.136. The van der Waals surface area contributed by atoms with E-state index in [0.29, 0.717) is 32.9 Å². The van der Waals surface area contributed by atoms with E-state index in [2.05, 4.69) is 17.6 Å². The van der Waals surface area contributed by atoms with Crippen LogP contribution in [0.1, 0.15) is 34.5 Å². The zero-order valence-electron chi connectivity index (χ0n) is 15.2. The fourth-order valence-corrected chi connectivity index (χ4v) is 3.30. The van der Waals surface area contributed by atoms with E-state index in [1.807, 2.05) is 36.4 Å². The van der Waals surface area contributed by atoms with Crippen molar-refractivity contribution in [2.75, 3.05) is 5.32 Å². The van der Waals surface area contributed by atoms with Gasteiger partial charge in [-0.3, -0.25) is 4.79 Å². The Hall–Kier alpha value is -2.04.